The summed E-state index contributed by atoms with van der Waals surface area (Å²) < 4.78 is 23.1. The van der Waals surface area contributed by atoms with E-state index in [1.807, 2.05) is 53.7 Å². The monoisotopic (exact) mass is 629 g/mol. The summed E-state index contributed by atoms with van der Waals surface area (Å²) in [6.45, 7) is 14.7. The largest absolute Gasteiger partial charge is 0.476 e. The van der Waals surface area contributed by atoms with Gasteiger partial charge < -0.3 is 24.7 Å². The van der Waals surface area contributed by atoms with Gasteiger partial charge in [0.1, 0.15) is 30.0 Å². The van der Waals surface area contributed by atoms with Gasteiger partial charge in [-0.3, -0.25) is 9.78 Å². The van der Waals surface area contributed by atoms with E-state index in [4.69, 9.17) is 24.7 Å². The molecule has 2 aromatic heterocycles. The number of hydrogen-bond donors (Lipinski definition) is 1. The number of nitrogens with two attached hydrogens (primary N) is 1. The van der Waals surface area contributed by atoms with E-state index in [0.29, 0.717) is 18.2 Å². The molecule has 0 radical (unpaired) electrons. The van der Waals surface area contributed by atoms with Crippen LogP contribution in [0, 0.1) is 12.3 Å². The predicted octanol–water partition coefficient (Wildman–Crippen LogP) is 5.89. The highest BCUT2D eigenvalue weighted by Crippen LogP contribution is 2.43. The van der Waals surface area contributed by atoms with Gasteiger partial charge in [0, 0.05) is 35.3 Å². The molecule has 0 aliphatic heterocycles. The van der Waals surface area contributed by atoms with Gasteiger partial charge in [0.05, 0.1) is 12.7 Å². The molecule has 1 aliphatic carbocycles. The van der Waals surface area contributed by atoms with Crippen molar-refractivity contribution in [1.29, 1.82) is 0 Å². The first-order chi connectivity index (χ1) is 20.6. The molecule has 1 fully saturated rings. The number of carbonyl (C=O) groups excluding carboxylic acids is 1. The van der Waals surface area contributed by atoms with Crippen molar-refractivity contribution in [2.24, 2.45) is 21.1 Å². The molecule has 10 nitrogen and oxygen atoms in total. The summed E-state index contributed by atoms with van der Waals surface area (Å²) in [5, 5.41) is 0. The Morgan fingerprint density at radius 1 is 1.16 bits per heavy atom. The van der Waals surface area contributed by atoms with Gasteiger partial charge in [-0.1, -0.05) is 19.4 Å². The van der Waals surface area contributed by atoms with Crippen molar-refractivity contribution in [2.45, 2.75) is 79.4 Å². The van der Waals surface area contributed by atoms with Crippen LogP contribution in [0.4, 0.5) is 0 Å². The van der Waals surface area contributed by atoms with E-state index >= 15 is 0 Å². The number of aliphatic imine (C=N–C) groups is 2. The van der Waals surface area contributed by atoms with Gasteiger partial charge in [-0.15, -0.1) is 0 Å². The summed E-state index contributed by atoms with van der Waals surface area (Å²) >= 11 is 0. The van der Waals surface area contributed by atoms with Gasteiger partial charge in [-0.2, -0.15) is 4.99 Å². The predicted molar refractivity (Wildman–Crippen MR) is 180 cm³/mol. The first kappa shape index (κ1) is 35.3. The van der Waals surface area contributed by atoms with Crippen LogP contribution < -0.4 is 10.5 Å². The maximum atomic E-state index is 12.8. The van der Waals surface area contributed by atoms with Crippen molar-refractivity contribution in [3.8, 4) is 17.0 Å². The highest BCUT2D eigenvalue weighted by atomic mass is 32.3. The summed E-state index contributed by atoms with van der Waals surface area (Å²) in [7, 11) is -0.624. The number of pyridine rings is 2. The number of hydrogen-bond acceptors (Lipinski definition) is 8. The third-order valence-electron chi connectivity index (χ3n) is 7.47. The Hall–Kier alpha value is -3.18. The molecule has 0 aromatic carbocycles. The number of aromatic nitrogens is 2. The summed E-state index contributed by atoms with van der Waals surface area (Å²) in [4.78, 5) is 30.6. The molecule has 1 saturated carbocycles. The van der Waals surface area contributed by atoms with Crippen LogP contribution in [0.25, 0.3) is 11.1 Å². The van der Waals surface area contributed by atoms with E-state index in [-0.39, 0.29) is 37.3 Å². The van der Waals surface area contributed by atoms with Gasteiger partial charge >= 0.3 is 12.0 Å². The van der Waals surface area contributed by atoms with Gasteiger partial charge in [0.2, 0.25) is 5.88 Å². The molecular formula is C33H51N5O5S. The standard InChI is InChI=1S/C33H51N5O5S/c1-10-44(8,9)17-16-40-22-37-31(42-23(2)3)38-29(34)27-13-12-25(19-35-27)26-20-36-28(18-24(26)4)41-21-33(14-11-15-33)30(39)43-32(5,6)7/h12-13,18-20,23H,10-11,14-17,21-22H2,1-9H3,(H2,34,37,38). The topological polar surface area (TPSA) is 131 Å². The minimum absolute atomic E-state index is 0.122. The minimum Gasteiger partial charge on any atom is -0.476 e. The fraction of sp³-hybridized carbons (Fsp3) is 0.606. The molecule has 11 heteroatoms. The van der Waals surface area contributed by atoms with Crippen LogP contribution in [-0.2, 0) is 19.0 Å². The SMILES string of the molecule is CCS(C)(C)CCOC/N=C(/N=C(\N)c1ccc(-c2cnc(OCC3(C(=O)OC(C)(C)C)CCC3)cc2C)cn1)OC(C)C. The summed E-state index contributed by atoms with van der Waals surface area (Å²) in [6, 6.07) is 5.76. The molecule has 1 aliphatic rings. The molecule has 2 N–H and O–H groups in total. The van der Waals surface area contributed by atoms with Crippen LogP contribution in [0.15, 0.2) is 40.6 Å². The minimum atomic E-state index is -0.624. The average molecular weight is 630 g/mol. The molecule has 0 atom stereocenters. The maximum absolute atomic E-state index is 12.8. The van der Waals surface area contributed by atoms with E-state index in [1.165, 1.54) is 5.75 Å². The Labute approximate surface area is 264 Å². The molecule has 0 saturated heterocycles. The van der Waals surface area contributed by atoms with E-state index in [0.717, 1.165) is 41.7 Å². The second-order valence-corrected chi connectivity index (χ2v) is 17.6. The number of esters is 1. The molecule has 0 bridgehead atoms. The van der Waals surface area contributed by atoms with Gasteiger partial charge in [0.25, 0.3) is 0 Å². The smallest absolute Gasteiger partial charge is 0.316 e. The zero-order chi connectivity index (χ0) is 32.5. The number of carbonyl (C=O) groups is 1. The molecule has 44 heavy (non-hydrogen) atoms. The molecule has 0 unspecified atom stereocenters. The van der Waals surface area contributed by atoms with Crippen LogP contribution in [0.5, 0.6) is 5.88 Å². The third-order valence-corrected chi connectivity index (χ3v) is 10.3. The van der Waals surface area contributed by atoms with Crippen LogP contribution in [0.2, 0.25) is 0 Å². The number of amidine groups is 2. The molecule has 0 spiro atoms. The molecule has 244 valence electrons. The van der Waals surface area contributed by atoms with Crippen molar-refractivity contribution in [2.75, 3.05) is 44.0 Å². The molecule has 0 amide bonds. The zero-order valence-corrected chi connectivity index (χ0v) is 28.8. The number of rotatable bonds is 13. The Bertz CT molecular complexity index is 1310. The number of aryl methyl sites for hydroxylation is 1. The lowest BCUT2D eigenvalue weighted by Gasteiger charge is -2.40. The number of ether oxygens (including phenoxy) is 4. The molecular weight excluding hydrogens is 578 g/mol. The fourth-order valence-electron chi connectivity index (χ4n) is 4.29. The fourth-order valence-corrected chi connectivity index (χ4v) is 5.15. The van der Waals surface area contributed by atoms with Gasteiger partial charge in [0.15, 0.2) is 5.84 Å². The van der Waals surface area contributed by atoms with Crippen molar-refractivity contribution in [1.82, 2.24) is 9.97 Å². The molecule has 2 aromatic rings. The third kappa shape index (κ3) is 10.5. The maximum Gasteiger partial charge on any atom is 0.316 e. The van der Waals surface area contributed by atoms with E-state index in [2.05, 4.69) is 39.4 Å². The van der Waals surface area contributed by atoms with E-state index < -0.39 is 21.0 Å². The van der Waals surface area contributed by atoms with Gasteiger partial charge in [-0.25, -0.2) is 20.0 Å². The van der Waals surface area contributed by atoms with Gasteiger partial charge in [-0.05, 0) is 84.3 Å². The second kappa shape index (κ2) is 15.2. The van der Waals surface area contributed by atoms with Crippen molar-refractivity contribution in [3.63, 3.8) is 0 Å². The van der Waals surface area contributed by atoms with E-state index in [1.54, 1.807) is 18.5 Å². The van der Waals surface area contributed by atoms with Crippen LogP contribution in [0.3, 0.4) is 0 Å². The summed E-state index contributed by atoms with van der Waals surface area (Å²) in [5.74, 6) is 2.66. The second-order valence-electron chi connectivity index (χ2n) is 13.1. The van der Waals surface area contributed by atoms with E-state index in [9.17, 15) is 4.79 Å². The number of nitrogens with zero attached hydrogens (tertiary/aromatic N) is 4. The quantitative estimate of drug-likeness (QED) is 0.126. The first-order valence-electron chi connectivity index (χ1n) is 15.2. The van der Waals surface area contributed by atoms with Crippen molar-refractivity contribution in [3.05, 3.63) is 41.9 Å². The average Bonchev–Trinajstić information content (AvgIpc) is 2.91. The Morgan fingerprint density at radius 3 is 2.43 bits per heavy atom. The Kier molecular flexibility index (Phi) is 12.2. The Balaban J connectivity index is 1.65. The lowest BCUT2D eigenvalue weighted by Crippen LogP contribution is -2.46. The molecule has 3 rings (SSSR count). The summed E-state index contributed by atoms with van der Waals surface area (Å²) in [5.41, 5.74) is 8.40. The van der Waals surface area contributed by atoms with Crippen LogP contribution in [-0.4, -0.2) is 83.5 Å². The highest BCUT2D eigenvalue weighted by Gasteiger charge is 2.47. The molecule has 2 heterocycles. The lowest BCUT2D eigenvalue weighted by atomic mass is 9.69. The Morgan fingerprint density at radius 2 is 1.89 bits per heavy atom. The van der Waals surface area contributed by atoms with Crippen LogP contribution >= 0.6 is 10.0 Å². The van der Waals surface area contributed by atoms with Crippen molar-refractivity contribution < 1.29 is 23.7 Å². The summed E-state index contributed by atoms with van der Waals surface area (Å²) in [6.07, 6.45) is 10.5. The zero-order valence-electron chi connectivity index (χ0n) is 27.9. The highest BCUT2D eigenvalue weighted by molar-refractivity contribution is 8.32. The van der Waals surface area contributed by atoms with Crippen molar-refractivity contribution >= 4 is 27.9 Å². The normalized spacial score (nSPS) is 16.0. The van der Waals surface area contributed by atoms with Crippen LogP contribution in [0.1, 0.15) is 72.1 Å². The lowest BCUT2D eigenvalue weighted by molar-refractivity contribution is -0.176. The first-order valence-corrected chi connectivity index (χ1v) is 18.0.